The summed E-state index contributed by atoms with van der Waals surface area (Å²) in [4.78, 5) is 9.18. The van der Waals surface area contributed by atoms with Crippen molar-refractivity contribution in [1.29, 1.82) is 0 Å². The van der Waals surface area contributed by atoms with E-state index >= 15 is 0 Å². The van der Waals surface area contributed by atoms with Crippen molar-refractivity contribution in [2.24, 2.45) is 0 Å². The highest BCUT2D eigenvalue weighted by molar-refractivity contribution is 7.13. The summed E-state index contributed by atoms with van der Waals surface area (Å²) in [6, 6.07) is 10.0. The molecule has 2 nitrogen and oxygen atoms in total. The van der Waals surface area contributed by atoms with Gasteiger partial charge in [-0.2, -0.15) is 0 Å². The van der Waals surface area contributed by atoms with E-state index in [1.165, 1.54) is 36.8 Å². The van der Waals surface area contributed by atoms with Crippen molar-refractivity contribution in [3.8, 4) is 21.8 Å². The van der Waals surface area contributed by atoms with Crippen molar-refractivity contribution < 1.29 is 0 Å². The first kappa shape index (κ1) is 14.9. The fourth-order valence-corrected chi connectivity index (χ4v) is 4.31. The van der Waals surface area contributed by atoms with Crippen molar-refractivity contribution in [3.63, 3.8) is 0 Å². The molecule has 1 fully saturated rings. The van der Waals surface area contributed by atoms with Gasteiger partial charge in [-0.05, 0) is 42.5 Å². The van der Waals surface area contributed by atoms with Gasteiger partial charge in [0.15, 0.2) is 0 Å². The molecule has 0 unspecified atom stereocenters. The molecule has 1 aliphatic carbocycles. The Morgan fingerprint density at radius 3 is 2.61 bits per heavy atom. The van der Waals surface area contributed by atoms with E-state index in [2.05, 4.69) is 16.4 Å². The van der Waals surface area contributed by atoms with Gasteiger partial charge in [-0.3, -0.25) is 4.98 Å². The van der Waals surface area contributed by atoms with E-state index in [0.29, 0.717) is 5.92 Å². The van der Waals surface area contributed by atoms with Crippen molar-refractivity contribution in [1.82, 2.24) is 9.97 Å². The molecule has 1 aromatic carbocycles. The topological polar surface area (TPSA) is 25.8 Å². The standard InChI is InChI=1S/C19H17ClN2S/c20-15-7-5-14(6-8-15)18-12-23-19(22-18)17-11-21-10-9-16(17)13-3-1-2-4-13/h5-13H,1-4H2. The molecule has 1 saturated carbocycles. The molecule has 3 aromatic rings. The van der Waals surface area contributed by atoms with Crippen LogP contribution in [0.15, 0.2) is 48.1 Å². The summed E-state index contributed by atoms with van der Waals surface area (Å²) in [5, 5.41) is 3.93. The monoisotopic (exact) mass is 340 g/mol. The molecule has 1 aliphatic rings. The molecule has 2 aromatic heterocycles. The second-order valence-electron chi connectivity index (χ2n) is 5.99. The fourth-order valence-electron chi connectivity index (χ4n) is 3.33. The maximum absolute atomic E-state index is 5.97. The SMILES string of the molecule is Clc1ccc(-c2csc(-c3cnccc3C3CCCC3)n2)cc1. The van der Waals surface area contributed by atoms with Crippen LogP contribution < -0.4 is 0 Å². The molecular weight excluding hydrogens is 324 g/mol. The van der Waals surface area contributed by atoms with Gasteiger partial charge >= 0.3 is 0 Å². The molecule has 0 atom stereocenters. The zero-order valence-corrected chi connectivity index (χ0v) is 14.3. The van der Waals surface area contributed by atoms with Gasteiger partial charge in [0.25, 0.3) is 0 Å². The van der Waals surface area contributed by atoms with Gasteiger partial charge in [0.05, 0.1) is 5.69 Å². The lowest BCUT2D eigenvalue weighted by Crippen LogP contribution is -1.96. The number of thiazole rings is 1. The van der Waals surface area contributed by atoms with Crippen molar-refractivity contribution in [2.45, 2.75) is 31.6 Å². The van der Waals surface area contributed by atoms with Crippen molar-refractivity contribution in [2.75, 3.05) is 0 Å². The first-order valence-electron chi connectivity index (χ1n) is 7.97. The number of hydrogen-bond donors (Lipinski definition) is 0. The predicted octanol–water partition coefficient (Wildman–Crippen LogP) is 6.18. The lowest BCUT2D eigenvalue weighted by molar-refractivity contribution is 0.723. The average Bonchev–Trinajstić information content (AvgIpc) is 3.27. The minimum atomic E-state index is 0.663. The molecule has 0 saturated heterocycles. The largest absolute Gasteiger partial charge is 0.264 e. The third-order valence-electron chi connectivity index (χ3n) is 4.52. The number of rotatable bonds is 3. The fraction of sp³-hybridized carbons (Fsp3) is 0.263. The van der Waals surface area contributed by atoms with Crippen molar-refractivity contribution >= 4 is 22.9 Å². The Morgan fingerprint density at radius 1 is 1.04 bits per heavy atom. The van der Waals surface area contributed by atoms with Crippen molar-refractivity contribution in [3.05, 3.63) is 58.7 Å². The Bertz CT molecular complexity index is 804. The highest BCUT2D eigenvalue weighted by atomic mass is 35.5. The molecule has 4 heteroatoms. The van der Waals surface area contributed by atoms with Gasteiger partial charge in [0.1, 0.15) is 5.01 Å². The summed E-state index contributed by atoms with van der Waals surface area (Å²) >= 11 is 7.66. The number of pyridine rings is 1. The molecule has 0 spiro atoms. The van der Waals surface area contributed by atoms with Gasteiger partial charge in [-0.15, -0.1) is 11.3 Å². The Labute approximate surface area is 145 Å². The van der Waals surface area contributed by atoms with Crippen LogP contribution in [0.3, 0.4) is 0 Å². The smallest absolute Gasteiger partial charge is 0.125 e. The van der Waals surface area contributed by atoms with E-state index in [9.17, 15) is 0 Å². The zero-order valence-electron chi connectivity index (χ0n) is 12.7. The van der Waals surface area contributed by atoms with Crippen LogP contribution in [0.5, 0.6) is 0 Å². The van der Waals surface area contributed by atoms with E-state index in [0.717, 1.165) is 21.3 Å². The minimum absolute atomic E-state index is 0.663. The average molecular weight is 341 g/mol. The molecular formula is C19H17ClN2S. The van der Waals surface area contributed by atoms with Crippen LogP contribution in [0.2, 0.25) is 5.02 Å². The summed E-state index contributed by atoms with van der Waals surface area (Å²) in [5.74, 6) is 0.663. The molecule has 116 valence electrons. The third kappa shape index (κ3) is 3.04. The highest BCUT2D eigenvalue weighted by Crippen LogP contribution is 2.40. The molecule has 0 radical (unpaired) electrons. The lowest BCUT2D eigenvalue weighted by Gasteiger charge is -2.13. The molecule has 4 rings (SSSR count). The van der Waals surface area contributed by atoms with Crippen LogP contribution in [0, 0.1) is 0 Å². The first-order chi connectivity index (χ1) is 11.3. The highest BCUT2D eigenvalue weighted by Gasteiger charge is 2.21. The number of aromatic nitrogens is 2. The van der Waals surface area contributed by atoms with E-state index in [-0.39, 0.29) is 0 Å². The van der Waals surface area contributed by atoms with E-state index in [4.69, 9.17) is 16.6 Å². The van der Waals surface area contributed by atoms with E-state index in [1.807, 2.05) is 36.7 Å². The maximum Gasteiger partial charge on any atom is 0.125 e. The predicted molar refractivity (Wildman–Crippen MR) is 97.0 cm³/mol. The zero-order chi connectivity index (χ0) is 15.6. The molecule has 0 bridgehead atoms. The Morgan fingerprint density at radius 2 is 1.83 bits per heavy atom. The van der Waals surface area contributed by atoms with Gasteiger partial charge in [0.2, 0.25) is 0 Å². The number of hydrogen-bond acceptors (Lipinski definition) is 3. The number of benzene rings is 1. The van der Waals surface area contributed by atoms with Crippen LogP contribution >= 0.6 is 22.9 Å². The van der Waals surface area contributed by atoms with Crippen LogP contribution in [0.25, 0.3) is 21.8 Å². The Kier molecular flexibility index (Phi) is 4.15. The van der Waals surface area contributed by atoms with Gasteiger partial charge in [0, 0.05) is 33.9 Å². The van der Waals surface area contributed by atoms with Crippen LogP contribution in [0.4, 0.5) is 0 Å². The normalized spacial score (nSPS) is 15.2. The summed E-state index contributed by atoms with van der Waals surface area (Å²) in [5.41, 5.74) is 4.71. The second kappa shape index (κ2) is 6.42. The third-order valence-corrected chi connectivity index (χ3v) is 5.65. The minimum Gasteiger partial charge on any atom is -0.264 e. The molecule has 0 aliphatic heterocycles. The first-order valence-corrected chi connectivity index (χ1v) is 9.23. The lowest BCUT2D eigenvalue weighted by atomic mass is 9.95. The number of halogens is 1. The quantitative estimate of drug-likeness (QED) is 0.568. The molecule has 0 amide bonds. The van der Waals surface area contributed by atoms with Gasteiger partial charge in [-0.1, -0.05) is 36.6 Å². The van der Waals surface area contributed by atoms with E-state index < -0.39 is 0 Å². The van der Waals surface area contributed by atoms with Crippen LogP contribution in [-0.2, 0) is 0 Å². The van der Waals surface area contributed by atoms with Crippen LogP contribution in [-0.4, -0.2) is 9.97 Å². The summed E-state index contributed by atoms with van der Waals surface area (Å²) in [6.45, 7) is 0. The Balaban J connectivity index is 1.70. The Hall–Kier alpha value is -1.71. The molecule has 23 heavy (non-hydrogen) atoms. The van der Waals surface area contributed by atoms with Gasteiger partial charge < -0.3 is 0 Å². The maximum atomic E-state index is 5.97. The summed E-state index contributed by atoms with van der Waals surface area (Å²) < 4.78 is 0. The van der Waals surface area contributed by atoms with Gasteiger partial charge in [-0.25, -0.2) is 4.98 Å². The van der Waals surface area contributed by atoms with E-state index in [1.54, 1.807) is 11.3 Å². The summed E-state index contributed by atoms with van der Waals surface area (Å²) in [6.07, 6.45) is 9.11. The number of nitrogens with zero attached hydrogens (tertiary/aromatic N) is 2. The molecule has 2 heterocycles. The molecule has 0 N–H and O–H groups in total. The summed E-state index contributed by atoms with van der Waals surface area (Å²) in [7, 11) is 0. The van der Waals surface area contributed by atoms with Crippen LogP contribution in [0.1, 0.15) is 37.2 Å². The second-order valence-corrected chi connectivity index (χ2v) is 7.28.